The minimum absolute atomic E-state index is 0.0341. The molecule has 1 aliphatic heterocycles. The summed E-state index contributed by atoms with van der Waals surface area (Å²) in [5, 5.41) is 22.7. The summed E-state index contributed by atoms with van der Waals surface area (Å²) in [6.45, 7) is 3.31. The summed E-state index contributed by atoms with van der Waals surface area (Å²) in [5.41, 5.74) is 0.809. The van der Waals surface area contributed by atoms with Crippen molar-refractivity contribution in [3.8, 4) is 0 Å². The molecule has 1 amide bonds. The molecular weight excluding hydrogens is 314 g/mol. The number of hydrogen-bond acceptors (Lipinski definition) is 5. The molecule has 1 atom stereocenters. The summed E-state index contributed by atoms with van der Waals surface area (Å²) < 4.78 is 0. The molecule has 1 aromatic rings. The lowest BCUT2D eigenvalue weighted by Gasteiger charge is -2.30. The average molecular weight is 335 g/mol. The number of carboxylic acids is 1. The Morgan fingerprint density at radius 1 is 1.46 bits per heavy atom. The van der Waals surface area contributed by atoms with Crippen LogP contribution in [-0.2, 0) is 9.59 Å². The Hall–Kier alpha value is -2.48. The fourth-order valence-corrected chi connectivity index (χ4v) is 2.89. The van der Waals surface area contributed by atoms with Gasteiger partial charge in [0.2, 0.25) is 5.91 Å². The Morgan fingerprint density at radius 2 is 2.21 bits per heavy atom. The number of carbonyl (C=O) groups excluding carboxylic acids is 1. The van der Waals surface area contributed by atoms with Crippen molar-refractivity contribution in [2.24, 2.45) is 5.92 Å². The van der Waals surface area contributed by atoms with Gasteiger partial charge in [-0.1, -0.05) is 6.07 Å². The number of nitro benzene ring substituents is 1. The van der Waals surface area contributed by atoms with E-state index < -0.39 is 10.9 Å². The summed E-state index contributed by atoms with van der Waals surface area (Å²) >= 11 is 0. The van der Waals surface area contributed by atoms with Crippen LogP contribution in [0.4, 0.5) is 11.4 Å². The molecular formula is C16H21N3O5. The zero-order valence-corrected chi connectivity index (χ0v) is 13.5. The molecule has 1 aromatic carbocycles. The highest BCUT2D eigenvalue weighted by Gasteiger charge is 2.25. The normalized spacial score (nSPS) is 18.1. The average Bonchev–Trinajstić information content (AvgIpc) is 2.55. The predicted octanol–water partition coefficient (Wildman–Crippen LogP) is 2.03. The quantitative estimate of drug-likeness (QED) is 0.607. The number of nitrogens with one attached hydrogen (secondary N) is 1. The van der Waals surface area contributed by atoms with Crippen LogP contribution in [0.15, 0.2) is 18.2 Å². The van der Waals surface area contributed by atoms with Gasteiger partial charge in [0.1, 0.15) is 0 Å². The van der Waals surface area contributed by atoms with Gasteiger partial charge in [-0.15, -0.1) is 0 Å². The van der Waals surface area contributed by atoms with Gasteiger partial charge < -0.3 is 15.3 Å². The molecule has 130 valence electrons. The van der Waals surface area contributed by atoms with Crippen LogP contribution in [0.25, 0.3) is 0 Å². The van der Waals surface area contributed by atoms with Crippen LogP contribution in [-0.4, -0.2) is 46.4 Å². The van der Waals surface area contributed by atoms with Crippen LogP contribution in [0.2, 0.25) is 0 Å². The number of anilines is 1. The van der Waals surface area contributed by atoms with Crippen molar-refractivity contribution in [2.75, 3.05) is 25.0 Å². The first-order valence-electron chi connectivity index (χ1n) is 7.87. The van der Waals surface area contributed by atoms with Crippen molar-refractivity contribution in [3.05, 3.63) is 33.9 Å². The number of carboxylic acid groups (broad SMARTS) is 1. The van der Waals surface area contributed by atoms with E-state index in [1.807, 2.05) is 4.90 Å². The fourth-order valence-electron chi connectivity index (χ4n) is 2.89. The third-order valence-corrected chi connectivity index (χ3v) is 4.29. The summed E-state index contributed by atoms with van der Waals surface area (Å²) in [5.74, 6) is -1.41. The molecule has 0 spiro atoms. The second-order valence-corrected chi connectivity index (χ2v) is 5.98. The van der Waals surface area contributed by atoms with E-state index >= 15 is 0 Å². The van der Waals surface area contributed by atoms with Gasteiger partial charge in [-0.25, -0.2) is 0 Å². The number of hydrogen-bond donors (Lipinski definition) is 2. The summed E-state index contributed by atoms with van der Waals surface area (Å²) in [6, 6.07) is 4.55. The number of likely N-dealkylation sites (tertiary alicyclic amines) is 1. The standard InChI is InChI=1S/C16H21N3O5/c1-11-13(5-2-6-14(11)19(23)24)17-15(20)7-9-18-8-3-4-12(10-18)16(21)22/h2,5-6,12H,3-4,7-10H2,1H3,(H,17,20)(H,21,22). The molecule has 0 aliphatic carbocycles. The van der Waals surface area contributed by atoms with Crippen molar-refractivity contribution < 1.29 is 19.6 Å². The van der Waals surface area contributed by atoms with Gasteiger partial charge in [0.25, 0.3) is 5.69 Å². The van der Waals surface area contributed by atoms with Crippen LogP contribution in [0.1, 0.15) is 24.8 Å². The molecule has 24 heavy (non-hydrogen) atoms. The number of rotatable bonds is 6. The first kappa shape index (κ1) is 17.9. The Balaban J connectivity index is 1.89. The zero-order valence-electron chi connectivity index (χ0n) is 13.5. The monoisotopic (exact) mass is 335 g/mol. The molecule has 0 radical (unpaired) electrons. The Morgan fingerprint density at radius 3 is 2.88 bits per heavy atom. The predicted molar refractivity (Wildman–Crippen MR) is 87.9 cm³/mol. The van der Waals surface area contributed by atoms with Gasteiger partial charge in [-0.2, -0.15) is 0 Å². The smallest absolute Gasteiger partial charge is 0.307 e. The number of amides is 1. The highest BCUT2D eigenvalue weighted by Crippen LogP contribution is 2.25. The van der Waals surface area contributed by atoms with Gasteiger partial charge in [0, 0.05) is 25.6 Å². The van der Waals surface area contributed by atoms with Crippen LogP contribution in [0.5, 0.6) is 0 Å². The number of piperidine rings is 1. The van der Waals surface area contributed by atoms with E-state index in [9.17, 15) is 19.7 Å². The Labute approximate surface area is 139 Å². The van der Waals surface area contributed by atoms with Gasteiger partial charge in [-0.3, -0.25) is 19.7 Å². The zero-order chi connectivity index (χ0) is 17.7. The van der Waals surface area contributed by atoms with Crippen molar-refractivity contribution in [1.29, 1.82) is 0 Å². The molecule has 2 N–H and O–H groups in total. The van der Waals surface area contributed by atoms with E-state index in [-0.39, 0.29) is 23.9 Å². The van der Waals surface area contributed by atoms with E-state index in [0.717, 1.165) is 13.0 Å². The number of benzene rings is 1. The van der Waals surface area contributed by atoms with Gasteiger partial charge >= 0.3 is 5.97 Å². The molecule has 2 rings (SSSR count). The third kappa shape index (κ3) is 4.51. The molecule has 0 aromatic heterocycles. The minimum Gasteiger partial charge on any atom is -0.481 e. The number of nitrogens with zero attached hydrogens (tertiary/aromatic N) is 2. The fraction of sp³-hybridized carbons (Fsp3) is 0.500. The lowest BCUT2D eigenvalue weighted by atomic mass is 9.98. The van der Waals surface area contributed by atoms with Crippen LogP contribution in [0, 0.1) is 23.0 Å². The van der Waals surface area contributed by atoms with E-state index in [0.29, 0.717) is 30.8 Å². The molecule has 1 fully saturated rings. The van der Waals surface area contributed by atoms with Crippen molar-refractivity contribution in [3.63, 3.8) is 0 Å². The van der Waals surface area contributed by atoms with Gasteiger partial charge in [-0.05, 0) is 32.4 Å². The molecule has 8 nitrogen and oxygen atoms in total. The van der Waals surface area contributed by atoms with Gasteiger partial charge in [0.05, 0.1) is 22.1 Å². The Bertz CT molecular complexity index is 647. The topological polar surface area (TPSA) is 113 Å². The third-order valence-electron chi connectivity index (χ3n) is 4.29. The first-order valence-corrected chi connectivity index (χ1v) is 7.87. The minimum atomic E-state index is -0.795. The van der Waals surface area contributed by atoms with Crippen LogP contribution >= 0.6 is 0 Å². The second-order valence-electron chi connectivity index (χ2n) is 5.98. The van der Waals surface area contributed by atoms with Crippen molar-refractivity contribution >= 4 is 23.3 Å². The summed E-state index contributed by atoms with van der Waals surface area (Å²) in [7, 11) is 0. The van der Waals surface area contributed by atoms with Crippen molar-refractivity contribution in [2.45, 2.75) is 26.2 Å². The number of carbonyl (C=O) groups is 2. The lowest BCUT2D eigenvalue weighted by molar-refractivity contribution is -0.385. The first-order chi connectivity index (χ1) is 11.4. The number of nitro groups is 1. The maximum absolute atomic E-state index is 12.1. The van der Waals surface area contributed by atoms with E-state index in [2.05, 4.69) is 5.32 Å². The molecule has 8 heteroatoms. The van der Waals surface area contributed by atoms with E-state index in [1.165, 1.54) is 12.1 Å². The van der Waals surface area contributed by atoms with Gasteiger partial charge in [0.15, 0.2) is 0 Å². The molecule has 1 unspecified atom stereocenters. The highest BCUT2D eigenvalue weighted by atomic mass is 16.6. The molecule has 1 aliphatic rings. The van der Waals surface area contributed by atoms with Crippen molar-refractivity contribution in [1.82, 2.24) is 4.90 Å². The number of aliphatic carboxylic acids is 1. The molecule has 1 heterocycles. The highest BCUT2D eigenvalue weighted by molar-refractivity contribution is 5.92. The maximum atomic E-state index is 12.1. The Kier molecular flexibility index (Phi) is 5.86. The van der Waals surface area contributed by atoms with Crippen LogP contribution in [0.3, 0.4) is 0 Å². The molecule has 0 saturated carbocycles. The summed E-state index contributed by atoms with van der Waals surface area (Å²) in [6.07, 6.45) is 1.70. The summed E-state index contributed by atoms with van der Waals surface area (Å²) in [4.78, 5) is 35.5. The maximum Gasteiger partial charge on any atom is 0.307 e. The largest absolute Gasteiger partial charge is 0.481 e. The van der Waals surface area contributed by atoms with Crippen LogP contribution < -0.4 is 5.32 Å². The van der Waals surface area contributed by atoms with E-state index in [4.69, 9.17) is 5.11 Å². The SMILES string of the molecule is Cc1c(NC(=O)CCN2CCCC(C(=O)O)C2)cccc1[N+](=O)[O-]. The lowest BCUT2D eigenvalue weighted by Crippen LogP contribution is -2.40. The van der Waals surface area contributed by atoms with E-state index in [1.54, 1.807) is 13.0 Å². The molecule has 0 bridgehead atoms. The second kappa shape index (κ2) is 7.87. The molecule has 1 saturated heterocycles.